The standard InChI is InChI=1S/C13H15BrN2O5/c1-20-9-3-7(14)2-8(4-9)15-13(19)16-11-6-21-5-10(11)12(17)18/h2-4,10-11H,5-6H2,1H3,(H,17,18)(H2,15,16,19). The molecule has 2 unspecified atom stereocenters. The van der Waals surface area contributed by atoms with Gasteiger partial charge in [-0.3, -0.25) is 4.79 Å². The number of carboxylic acid groups (broad SMARTS) is 1. The number of anilines is 1. The summed E-state index contributed by atoms with van der Waals surface area (Å²) in [5, 5.41) is 14.3. The molecule has 1 aromatic carbocycles. The van der Waals surface area contributed by atoms with Crippen molar-refractivity contribution >= 4 is 33.6 Å². The summed E-state index contributed by atoms with van der Waals surface area (Å²) in [6.45, 7) is 0.289. The molecule has 1 heterocycles. The number of amides is 2. The Morgan fingerprint density at radius 1 is 1.38 bits per heavy atom. The largest absolute Gasteiger partial charge is 0.497 e. The zero-order valence-corrected chi connectivity index (χ0v) is 12.8. The van der Waals surface area contributed by atoms with Crippen molar-refractivity contribution in [3.05, 3.63) is 22.7 Å². The number of carboxylic acids is 1. The summed E-state index contributed by atoms with van der Waals surface area (Å²) >= 11 is 3.31. The van der Waals surface area contributed by atoms with Gasteiger partial charge in [0.1, 0.15) is 11.7 Å². The molecule has 8 heteroatoms. The monoisotopic (exact) mass is 358 g/mol. The van der Waals surface area contributed by atoms with E-state index in [1.54, 1.807) is 18.2 Å². The molecule has 114 valence electrons. The van der Waals surface area contributed by atoms with Gasteiger partial charge < -0.3 is 25.2 Å². The molecule has 0 spiro atoms. The summed E-state index contributed by atoms with van der Waals surface area (Å²) in [5.74, 6) is -1.12. The number of carbonyl (C=O) groups is 2. The van der Waals surface area contributed by atoms with Gasteiger partial charge in [0.05, 0.1) is 26.4 Å². The van der Waals surface area contributed by atoms with Crippen molar-refractivity contribution in [1.29, 1.82) is 0 Å². The number of carbonyl (C=O) groups excluding carboxylic acids is 1. The van der Waals surface area contributed by atoms with Crippen molar-refractivity contribution in [3.8, 4) is 5.75 Å². The van der Waals surface area contributed by atoms with E-state index in [1.807, 2.05) is 0 Å². The van der Waals surface area contributed by atoms with Crippen LogP contribution in [0.5, 0.6) is 5.75 Å². The van der Waals surface area contributed by atoms with Crippen LogP contribution in [0.4, 0.5) is 10.5 Å². The quantitative estimate of drug-likeness (QED) is 0.760. The van der Waals surface area contributed by atoms with Crippen LogP contribution in [0.3, 0.4) is 0 Å². The first kappa shape index (κ1) is 15.6. The van der Waals surface area contributed by atoms with E-state index in [4.69, 9.17) is 14.6 Å². The highest BCUT2D eigenvalue weighted by molar-refractivity contribution is 9.10. The van der Waals surface area contributed by atoms with Gasteiger partial charge in [-0.25, -0.2) is 4.79 Å². The fourth-order valence-corrected chi connectivity index (χ4v) is 2.50. The van der Waals surface area contributed by atoms with E-state index in [9.17, 15) is 9.59 Å². The molecular weight excluding hydrogens is 344 g/mol. The van der Waals surface area contributed by atoms with Crippen molar-refractivity contribution in [2.24, 2.45) is 5.92 Å². The van der Waals surface area contributed by atoms with Gasteiger partial charge in [-0.15, -0.1) is 0 Å². The normalized spacial score (nSPS) is 20.9. The van der Waals surface area contributed by atoms with Crippen molar-refractivity contribution in [3.63, 3.8) is 0 Å². The maximum Gasteiger partial charge on any atom is 0.319 e. The predicted molar refractivity (Wildman–Crippen MR) is 78.6 cm³/mol. The first-order valence-corrected chi connectivity index (χ1v) is 7.01. The third-order valence-electron chi connectivity index (χ3n) is 3.08. The maximum atomic E-state index is 11.9. The lowest BCUT2D eigenvalue weighted by molar-refractivity contribution is -0.142. The van der Waals surface area contributed by atoms with Crippen LogP contribution in [0, 0.1) is 5.92 Å². The molecule has 0 aromatic heterocycles. The maximum absolute atomic E-state index is 11.9. The van der Waals surface area contributed by atoms with Gasteiger partial charge >= 0.3 is 12.0 Å². The van der Waals surface area contributed by atoms with Gasteiger partial charge in [0.15, 0.2) is 0 Å². The third-order valence-corrected chi connectivity index (χ3v) is 3.54. The van der Waals surface area contributed by atoms with Crippen LogP contribution in [0.1, 0.15) is 0 Å². The van der Waals surface area contributed by atoms with E-state index in [2.05, 4.69) is 26.6 Å². The van der Waals surface area contributed by atoms with Crippen LogP contribution in [0.25, 0.3) is 0 Å². The molecule has 1 aromatic rings. The van der Waals surface area contributed by atoms with Gasteiger partial charge in [-0.2, -0.15) is 0 Å². The lowest BCUT2D eigenvalue weighted by Gasteiger charge is -2.16. The van der Waals surface area contributed by atoms with Crippen LogP contribution in [-0.2, 0) is 9.53 Å². The molecule has 0 bridgehead atoms. The number of aliphatic carboxylic acids is 1. The number of halogens is 1. The van der Waals surface area contributed by atoms with Crippen molar-refractivity contribution in [2.45, 2.75) is 6.04 Å². The molecular formula is C13H15BrN2O5. The van der Waals surface area contributed by atoms with Crippen LogP contribution in [0.2, 0.25) is 0 Å². The molecule has 1 aliphatic rings. The second-order valence-electron chi connectivity index (χ2n) is 4.57. The minimum atomic E-state index is -0.984. The van der Waals surface area contributed by atoms with E-state index < -0.39 is 24.0 Å². The summed E-state index contributed by atoms with van der Waals surface area (Å²) < 4.78 is 10.9. The summed E-state index contributed by atoms with van der Waals surface area (Å²) in [5.41, 5.74) is 0.532. The topological polar surface area (TPSA) is 96.9 Å². The number of benzene rings is 1. The van der Waals surface area contributed by atoms with Gasteiger partial charge in [0, 0.05) is 16.2 Å². The van der Waals surface area contributed by atoms with E-state index in [1.165, 1.54) is 7.11 Å². The molecule has 0 radical (unpaired) electrons. The average Bonchev–Trinajstić information content (AvgIpc) is 2.85. The molecule has 2 rings (SSSR count). The van der Waals surface area contributed by atoms with Gasteiger partial charge in [0.25, 0.3) is 0 Å². The minimum Gasteiger partial charge on any atom is -0.497 e. The molecule has 0 aliphatic carbocycles. The summed E-state index contributed by atoms with van der Waals surface area (Å²) in [6.07, 6.45) is 0. The lowest BCUT2D eigenvalue weighted by Crippen LogP contribution is -2.44. The molecule has 1 saturated heterocycles. The van der Waals surface area contributed by atoms with Gasteiger partial charge in [-0.1, -0.05) is 15.9 Å². The second-order valence-corrected chi connectivity index (χ2v) is 5.48. The van der Waals surface area contributed by atoms with E-state index in [0.717, 1.165) is 4.47 Å². The van der Waals surface area contributed by atoms with Crippen molar-refractivity contribution < 1.29 is 24.2 Å². The lowest BCUT2D eigenvalue weighted by atomic mass is 10.0. The number of ether oxygens (including phenoxy) is 2. The second kappa shape index (κ2) is 6.77. The first-order chi connectivity index (χ1) is 9.99. The number of methoxy groups -OCH3 is 1. The zero-order valence-electron chi connectivity index (χ0n) is 11.3. The van der Waals surface area contributed by atoms with E-state index in [0.29, 0.717) is 11.4 Å². The molecule has 2 atom stereocenters. The number of urea groups is 1. The Hall–Kier alpha value is -1.80. The Morgan fingerprint density at radius 2 is 2.14 bits per heavy atom. The van der Waals surface area contributed by atoms with Crippen LogP contribution >= 0.6 is 15.9 Å². The average molecular weight is 359 g/mol. The van der Waals surface area contributed by atoms with Gasteiger partial charge in [0.2, 0.25) is 0 Å². The Bertz CT molecular complexity index is 551. The fraction of sp³-hybridized carbons (Fsp3) is 0.385. The number of rotatable bonds is 4. The Morgan fingerprint density at radius 3 is 2.81 bits per heavy atom. The summed E-state index contributed by atoms with van der Waals surface area (Å²) in [7, 11) is 1.53. The highest BCUT2D eigenvalue weighted by atomic mass is 79.9. The Balaban J connectivity index is 1.98. The summed E-state index contributed by atoms with van der Waals surface area (Å²) in [6, 6.07) is 4.09. The Kier molecular flexibility index (Phi) is 5.03. The number of nitrogens with one attached hydrogen (secondary N) is 2. The van der Waals surface area contributed by atoms with Crippen molar-refractivity contribution in [1.82, 2.24) is 5.32 Å². The van der Waals surface area contributed by atoms with Crippen molar-refractivity contribution in [2.75, 3.05) is 25.6 Å². The van der Waals surface area contributed by atoms with Crippen LogP contribution in [0.15, 0.2) is 22.7 Å². The number of hydrogen-bond acceptors (Lipinski definition) is 4. The minimum absolute atomic E-state index is 0.102. The predicted octanol–water partition coefficient (Wildman–Crippen LogP) is 1.68. The van der Waals surface area contributed by atoms with Crippen LogP contribution < -0.4 is 15.4 Å². The zero-order chi connectivity index (χ0) is 15.4. The molecule has 0 saturated carbocycles. The van der Waals surface area contributed by atoms with Gasteiger partial charge in [-0.05, 0) is 12.1 Å². The third kappa shape index (κ3) is 4.08. The fourth-order valence-electron chi connectivity index (χ4n) is 2.03. The molecule has 1 aliphatic heterocycles. The smallest absolute Gasteiger partial charge is 0.319 e. The van der Waals surface area contributed by atoms with E-state index in [-0.39, 0.29) is 13.2 Å². The first-order valence-electron chi connectivity index (χ1n) is 6.22. The Labute approximate surface area is 129 Å². The SMILES string of the molecule is COc1cc(Br)cc(NC(=O)NC2COCC2C(=O)O)c1. The molecule has 1 fully saturated rings. The highest BCUT2D eigenvalue weighted by Crippen LogP contribution is 2.24. The molecule has 2 amide bonds. The molecule has 3 N–H and O–H groups in total. The molecule has 21 heavy (non-hydrogen) atoms. The number of hydrogen-bond donors (Lipinski definition) is 3. The summed E-state index contributed by atoms with van der Waals surface area (Å²) in [4.78, 5) is 22.9. The highest BCUT2D eigenvalue weighted by Gasteiger charge is 2.35. The van der Waals surface area contributed by atoms with Crippen LogP contribution in [-0.4, -0.2) is 43.5 Å². The molecule has 7 nitrogen and oxygen atoms in total. The van der Waals surface area contributed by atoms with E-state index >= 15 is 0 Å².